The summed E-state index contributed by atoms with van der Waals surface area (Å²) in [5, 5.41) is 6.98. The molecule has 0 aromatic heterocycles. The van der Waals surface area contributed by atoms with Crippen molar-refractivity contribution >= 4 is 50.7 Å². The number of piperidine rings is 1. The maximum Gasteiger partial charge on any atom is 0.224 e. The van der Waals surface area contributed by atoms with Gasteiger partial charge in [0.15, 0.2) is 0 Å². The lowest BCUT2D eigenvalue weighted by atomic mass is 9.94. The molecule has 0 spiro atoms. The number of rotatable bonds is 3. The summed E-state index contributed by atoms with van der Waals surface area (Å²) in [7, 11) is 0. The molecular weight excluding hydrogens is 351 g/mol. The Bertz CT molecular complexity index is 453. The second-order valence-electron chi connectivity index (χ2n) is 4.69. The van der Waals surface area contributed by atoms with Gasteiger partial charge in [0.2, 0.25) is 5.91 Å². The Morgan fingerprint density at radius 1 is 1.32 bits per heavy atom. The first-order valence-electron chi connectivity index (χ1n) is 6.21. The minimum absolute atomic E-state index is 0.0296. The molecule has 1 aliphatic rings. The van der Waals surface area contributed by atoms with Crippen LogP contribution >= 0.6 is 39.1 Å². The third kappa shape index (κ3) is 4.35. The van der Waals surface area contributed by atoms with Gasteiger partial charge in [-0.05, 0) is 44.0 Å². The molecule has 6 heteroatoms. The summed E-state index contributed by atoms with van der Waals surface area (Å²) in [4.78, 5) is 12.0. The van der Waals surface area contributed by atoms with Gasteiger partial charge in [-0.25, -0.2) is 0 Å². The van der Waals surface area contributed by atoms with Crippen molar-refractivity contribution in [2.75, 3.05) is 18.4 Å². The molecular formula is C13H15BrCl2N2O. The van der Waals surface area contributed by atoms with E-state index in [9.17, 15) is 4.79 Å². The minimum Gasteiger partial charge on any atom is -0.324 e. The molecule has 2 rings (SSSR count). The predicted molar refractivity (Wildman–Crippen MR) is 83.0 cm³/mol. The van der Waals surface area contributed by atoms with E-state index in [2.05, 4.69) is 26.6 Å². The first-order valence-corrected chi connectivity index (χ1v) is 7.76. The Hall–Kier alpha value is -0.290. The van der Waals surface area contributed by atoms with Crippen LogP contribution in [-0.2, 0) is 4.79 Å². The quantitative estimate of drug-likeness (QED) is 0.847. The molecule has 0 unspecified atom stereocenters. The van der Waals surface area contributed by atoms with E-state index in [0.717, 1.165) is 30.4 Å². The second-order valence-corrected chi connectivity index (χ2v) is 6.42. The van der Waals surface area contributed by atoms with Crippen molar-refractivity contribution < 1.29 is 4.79 Å². The van der Waals surface area contributed by atoms with Gasteiger partial charge in [-0.15, -0.1) is 0 Å². The summed E-state index contributed by atoms with van der Waals surface area (Å²) in [6, 6.07) is 3.43. The van der Waals surface area contributed by atoms with Crippen LogP contribution in [0.1, 0.15) is 19.3 Å². The first kappa shape index (κ1) is 15.1. The fraction of sp³-hybridized carbons (Fsp3) is 0.462. The number of hydrogen-bond donors (Lipinski definition) is 2. The molecule has 1 aromatic rings. The van der Waals surface area contributed by atoms with Gasteiger partial charge < -0.3 is 10.6 Å². The number of hydrogen-bond acceptors (Lipinski definition) is 2. The molecule has 19 heavy (non-hydrogen) atoms. The van der Waals surface area contributed by atoms with Gasteiger partial charge in [-0.3, -0.25) is 4.79 Å². The normalized spacial score (nSPS) is 16.4. The van der Waals surface area contributed by atoms with Crippen LogP contribution in [-0.4, -0.2) is 19.0 Å². The largest absolute Gasteiger partial charge is 0.324 e. The van der Waals surface area contributed by atoms with Crippen LogP contribution in [0.5, 0.6) is 0 Å². The molecule has 0 aliphatic carbocycles. The molecule has 1 aromatic carbocycles. The van der Waals surface area contributed by atoms with Gasteiger partial charge >= 0.3 is 0 Å². The number of amides is 1. The zero-order valence-corrected chi connectivity index (χ0v) is 13.4. The SMILES string of the molecule is O=C(CC1CCNCC1)Nc1c(Cl)cc(Br)cc1Cl. The van der Waals surface area contributed by atoms with Crippen molar-refractivity contribution in [3.63, 3.8) is 0 Å². The summed E-state index contributed by atoms with van der Waals surface area (Å²) in [6.07, 6.45) is 2.59. The summed E-state index contributed by atoms with van der Waals surface area (Å²) < 4.78 is 0.791. The molecule has 1 fully saturated rings. The number of halogens is 3. The Balaban J connectivity index is 1.98. The molecule has 1 aliphatic heterocycles. The van der Waals surface area contributed by atoms with Crippen LogP contribution in [0.15, 0.2) is 16.6 Å². The summed E-state index contributed by atoms with van der Waals surface area (Å²) in [5.74, 6) is 0.410. The highest BCUT2D eigenvalue weighted by molar-refractivity contribution is 9.10. The molecule has 1 heterocycles. The summed E-state index contributed by atoms with van der Waals surface area (Å²) in [6.45, 7) is 1.97. The monoisotopic (exact) mass is 364 g/mol. The van der Waals surface area contributed by atoms with Crippen molar-refractivity contribution in [1.29, 1.82) is 0 Å². The van der Waals surface area contributed by atoms with Crippen molar-refractivity contribution in [2.24, 2.45) is 5.92 Å². The zero-order valence-electron chi connectivity index (χ0n) is 10.3. The van der Waals surface area contributed by atoms with Gasteiger partial charge in [0.05, 0.1) is 15.7 Å². The van der Waals surface area contributed by atoms with Crippen molar-refractivity contribution in [3.05, 3.63) is 26.7 Å². The highest BCUT2D eigenvalue weighted by atomic mass is 79.9. The smallest absolute Gasteiger partial charge is 0.224 e. The van der Waals surface area contributed by atoms with Crippen molar-refractivity contribution in [3.8, 4) is 0 Å². The average Bonchev–Trinajstić information content (AvgIpc) is 2.35. The van der Waals surface area contributed by atoms with Crippen LogP contribution in [0.3, 0.4) is 0 Å². The molecule has 0 radical (unpaired) electrons. The number of anilines is 1. The van der Waals surface area contributed by atoms with E-state index in [1.165, 1.54) is 0 Å². The van der Waals surface area contributed by atoms with Crippen LogP contribution in [0, 0.1) is 5.92 Å². The molecule has 2 N–H and O–H groups in total. The minimum atomic E-state index is -0.0296. The van der Waals surface area contributed by atoms with Crippen LogP contribution < -0.4 is 10.6 Å². The highest BCUT2D eigenvalue weighted by Crippen LogP contribution is 2.34. The third-order valence-electron chi connectivity index (χ3n) is 3.20. The Morgan fingerprint density at radius 3 is 2.47 bits per heavy atom. The first-order chi connectivity index (χ1) is 9.06. The number of carbonyl (C=O) groups is 1. The topological polar surface area (TPSA) is 41.1 Å². The Kier molecular flexibility index (Phi) is 5.51. The lowest BCUT2D eigenvalue weighted by molar-refractivity contribution is -0.117. The van der Waals surface area contributed by atoms with Crippen molar-refractivity contribution in [1.82, 2.24) is 5.32 Å². The van der Waals surface area contributed by atoms with Gasteiger partial charge in [-0.1, -0.05) is 39.1 Å². The van der Waals surface area contributed by atoms with Gasteiger partial charge in [-0.2, -0.15) is 0 Å². The third-order valence-corrected chi connectivity index (χ3v) is 4.26. The van der Waals surface area contributed by atoms with E-state index < -0.39 is 0 Å². The number of benzene rings is 1. The molecule has 0 atom stereocenters. The molecule has 1 saturated heterocycles. The van der Waals surface area contributed by atoms with E-state index >= 15 is 0 Å². The predicted octanol–water partition coefficient (Wildman–Crippen LogP) is 4.08. The van der Waals surface area contributed by atoms with Crippen LogP contribution in [0.25, 0.3) is 0 Å². The zero-order chi connectivity index (χ0) is 13.8. The lowest BCUT2D eigenvalue weighted by Gasteiger charge is -2.22. The Morgan fingerprint density at radius 2 is 1.89 bits per heavy atom. The average molecular weight is 366 g/mol. The van der Waals surface area contributed by atoms with Crippen LogP contribution in [0.2, 0.25) is 10.0 Å². The van der Waals surface area contributed by atoms with E-state index in [-0.39, 0.29) is 5.91 Å². The maximum absolute atomic E-state index is 12.0. The van der Waals surface area contributed by atoms with E-state index in [4.69, 9.17) is 23.2 Å². The number of nitrogens with one attached hydrogen (secondary N) is 2. The van der Waals surface area contributed by atoms with Gasteiger partial charge in [0.25, 0.3) is 0 Å². The maximum atomic E-state index is 12.0. The fourth-order valence-electron chi connectivity index (χ4n) is 2.20. The molecule has 0 bridgehead atoms. The molecule has 1 amide bonds. The van der Waals surface area contributed by atoms with Crippen LogP contribution in [0.4, 0.5) is 5.69 Å². The highest BCUT2D eigenvalue weighted by Gasteiger charge is 2.18. The van der Waals surface area contributed by atoms with Gasteiger partial charge in [0.1, 0.15) is 0 Å². The summed E-state index contributed by atoms with van der Waals surface area (Å²) in [5.41, 5.74) is 0.491. The molecule has 0 saturated carbocycles. The van der Waals surface area contributed by atoms with E-state index in [1.807, 2.05) is 0 Å². The lowest BCUT2D eigenvalue weighted by Crippen LogP contribution is -2.30. The van der Waals surface area contributed by atoms with E-state index in [0.29, 0.717) is 28.1 Å². The second kappa shape index (κ2) is 6.93. The standard InChI is InChI=1S/C13H15BrCl2N2O/c14-9-6-10(15)13(11(16)7-9)18-12(19)5-8-1-3-17-4-2-8/h6-8,17H,1-5H2,(H,18,19). The van der Waals surface area contributed by atoms with E-state index in [1.54, 1.807) is 12.1 Å². The number of carbonyl (C=O) groups excluding carboxylic acids is 1. The molecule has 104 valence electrons. The molecule has 3 nitrogen and oxygen atoms in total. The van der Waals surface area contributed by atoms with Gasteiger partial charge in [0, 0.05) is 10.9 Å². The summed E-state index contributed by atoms with van der Waals surface area (Å²) >= 11 is 15.5. The Labute approximate surface area is 131 Å². The van der Waals surface area contributed by atoms with Crippen molar-refractivity contribution in [2.45, 2.75) is 19.3 Å². The fourth-order valence-corrected chi connectivity index (χ4v) is 3.50.